The van der Waals surface area contributed by atoms with E-state index >= 15 is 0 Å². The van der Waals surface area contributed by atoms with Crippen molar-refractivity contribution in [1.29, 1.82) is 0 Å². The third-order valence-electron chi connectivity index (χ3n) is 1.56. The van der Waals surface area contributed by atoms with Crippen LogP contribution in [0.2, 0.25) is 0 Å². The second-order valence-corrected chi connectivity index (χ2v) is 3.08. The molecule has 1 amide bonds. The predicted molar refractivity (Wildman–Crippen MR) is 52.6 cm³/mol. The molecule has 6 heteroatoms. The molecule has 0 fully saturated rings. The van der Waals surface area contributed by atoms with Crippen LogP contribution in [0.3, 0.4) is 0 Å². The van der Waals surface area contributed by atoms with E-state index in [0.717, 1.165) is 0 Å². The van der Waals surface area contributed by atoms with Crippen molar-refractivity contribution in [2.75, 3.05) is 19.8 Å². The number of hydrogen-bond donors (Lipinski definition) is 1. The Balaban J connectivity index is 3.35. The normalized spacial score (nSPS) is 10.9. The summed E-state index contributed by atoms with van der Waals surface area (Å²) in [6.07, 6.45) is 1.79. The van der Waals surface area contributed by atoms with Gasteiger partial charge in [0.15, 0.2) is 0 Å². The first-order chi connectivity index (χ1) is 7.45. The Morgan fingerprint density at radius 1 is 1.44 bits per heavy atom. The highest BCUT2D eigenvalue weighted by Crippen LogP contribution is 2.14. The third kappa shape index (κ3) is 10.9. The van der Waals surface area contributed by atoms with Crippen LogP contribution in [0.5, 0.6) is 0 Å². The topological polar surface area (TPSA) is 38.3 Å². The van der Waals surface area contributed by atoms with Crippen molar-refractivity contribution in [3.8, 4) is 12.3 Å². The molecule has 92 valence electrons. The summed E-state index contributed by atoms with van der Waals surface area (Å²) in [5.74, 6) is 2.08. The van der Waals surface area contributed by atoms with Crippen LogP contribution in [0.25, 0.3) is 0 Å². The van der Waals surface area contributed by atoms with E-state index < -0.39 is 12.8 Å². The van der Waals surface area contributed by atoms with Gasteiger partial charge in [0, 0.05) is 19.4 Å². The van der Waals surface area contributed by atoms with Gasteiger partial charge in [-0.3, -0.25) is 4.79 Å². The maximum absolute atomic E-state index is 11.6. The van der Waals surface area contributed by atoms with Crippen LogP contribution >= 0.6 is 0 Å². The monoisotopic (exact) mass is 237 g/mol. The minimum atomic E-state index is -4.34. The van der Waals surface area contributed by atoms with Crippen LogP contribution in [-0.4, -0.2) is 31.8 Å². The number of hydrogen-bond acceptors (Lipinski definition) is 2. The quantitative estimate of drug-likeness (QED) is 0.538. The first-order valence-electron chi connectivity index (χ1n) is 4.80. The van der Waals surface area contributed by atoms with Crippen molar-refractivity contribution in [2.45, 2.75) is 25.4 Å². The Bertz CT molecular complexity index is 245. The van der Waals surface area contributed by atoms with Crippen molar-refractivity contribution in [3.05, 3.63) is 0 Å². The molecule has 0 saturated heterocycles. The standard InChI is InChI=1S/C10H14F3NO2/c1-2-3-4-6-14-9(15)5-7-16-8-10(11,12)13/h1H,3-8H2,(H,14,15). The maximum atomic E-state index is 11.6. The lowest BCUT2D eigenvalue weighted by Crippen LogP contribution is -2.26. The number of nitrogens with one attached hydrogen (secondary N) is 1. The zero-order valence-corrected chi connectivity index (χ0v) is 8.77. The first-order valence-corrected chi connectivity index (χ1v) is 4.80. The second kappa shape index (κ2) is 7.99. The van der Waals surface area contributed by atoms with E-state index in [1.807, 2.05) is 0 Å². The molecule has 1 N–H and O–H groups in total. The summed E-state index contributed by atoms with van der Waals surface area (Å²) < 4.78 is 39.1. The molecule has 0 aromatic carbocycles. The second-order valence-electron chi connectivity index (χ2n) is 3.08. The molecule has 0 spiro atoms. The van der Waals surface area contributed by atoms with Gasteiger partial charge < -0.3 is 10.1 Å². The van der Waals surface area contributed by atoms with Crippen LogP contribution in [0.4, 0.5) is 13.2 Å². The molecule has 0 radical (unpaired) electrons. The molecule has 0 bridgehead atoms. The van der Waals surface area contributed by atoms with E-state index in [-0.39, 0.29) is 18.9 Å². The average molecular weight is 237 g/mol. The minimum absolute atomic E-state index is 0.0772. The van der Waals surface area contributed by atoms with Crippen LogP contribution in [-0.2, 0) is 9.53 Å². The Hall–Kier alpha value is -1.22. The molecule has 0 aromatic rings. The molecular weight excluding hydrogens is 223 g/mol. The van der Waals surface area contributed by atoms with Gasteiger partial charge in [-0.2, -0.15) is 13.2 Å². The SMILES string of the molecule is C#CCCCNC(=O)CCOCC(F)(F)F. The van der Waals surface area contributed by atoms with Crippen molar-refractivity contribution in [2.24, 2.45) is 0 Å². The molecule has 0 heterocycles. The fourth-order valence-electron chi connectivity index (χ4n) is 0.859. The number of ether oxygens (including phenoxy) is 1. The van der Waals surface area contributed by atoms with Crippen LogP contribution in [0, 0.1) is 12.3 Å². The molecule has 0 aliphatic carbocycles. The van der Waals surface area contributed by atoms with E-state index in [1.165, 1.54) is 0 Å². The summed E-state index contributed by atoms with van der Waals surface area (Å²) in [6.45, 7) is -1.12. The first kappa shape index (κ1) is 14.8. The maximum Gasteiger partial charge on any atom is 0.411 e. The highest BCUT2D eigenvalue weighted by Gasteiger charge is 2.27. The highest BCUT2D eigenvalue weighted by atomic mass is 19.4. The summed E-state index contributed by atoms with van der Waals surface area (Å²) in [7, 11) is 0. The predicted octanol–water partition coefficient (Wildman–Crippen LogP) is 1.48. The molecule has 0 rings (SSSR count). The lowest BCUT2D eigenvalue weighted by atomic mass is 10.3. The van der Waals surface area contributed by atoms with Gasteiger partial charge in [0.1, 0.15) is 6.61 Å². The number of rotatable bonds is 7. The van der Waals surface area contributed by atoms with E-state index in [9.17, 15) is 18.0 Å². The van der Waals surface area contributed by atoms with Gasteiger partial charge in [-0.15, -0.1) is 12.3 Å². The van der Waals surface area contributed by atoms with Crippen molar-refractivity contribution in [1.82, 2.24) is 5.32 Å². The van der Waals surface area contributed by atoms with Gasteiger partial charge in [0.05, 0.1) is 6.61 Å². The molecule has 3 nitrogen and oxygen atoms in total. The minimum Gasteiger partial charge on any atom is -0.372 e. The lowest BCUT2D eigenvalue weighted by molar-refractivity contribution is -0.174. The zero-order chi connectivity index (χ0) is 12.4. The van der Waals surface area contributed by atoms with Crippen molar-refractivity contribution < 1.29 is 22.7 Å². The zero-order valence-electron chi connectivity index (χ0n) is 8.77. The van der Waals surface area contributed by atoms with E-state index in [1.54, 1.807) is 0 Å². The molecule has 16 heavy (non-hydrogen) atoms. The molecular formula is C10H14F3NO2. The van der Waals surface area contributed by atoms with Gasteiger partial charge >= 0.3 is 6.18 Å². The van der Waals surface area contributed by atoms with Crippen LogP contribution in [0.1, 0.15) is 19.3 Å². The van der Waals surface area contributed by atoms with Gasteiger partial charge in [-0.05, 0) is 6.42 Å². The van der Waals surface area contributed by atoms with Gasteiger partial charge in [0.2, 0.25) is 5.91 Å². The molecule has 0 aliphatic rings. The van der Waals surface area contributed by atoms with E-state index in [4.69, 9.17) is 6.42 Å². The Morgan fingerprint density at radius 2 is 2.12 bits per heavy atom. The Labute approximate surface area is 92.3 Å². The smallest absolute Gasteiger partial charge is 0.372 e. The van der Waals surface area contributed by atoms with Crippen LogP contribution in [0.15, 0.2) is 0 Å². The van der Waals surface area contributed by atoms with Gasteiger partial charge in [0.25, 0.3) is 0 Å². The summed E-state index contributed by atoms with van der Waals surface area (Å²) in [6, 6.07) is 0. The number of unbranched alkanes of at least 4 members (excludes halogenated alkanes) is 1. The number of carbonyl (C=O) groups is 1. The van der Waals surface area contributed by atoms with Gasteiger partial charge in [-0.25, -0.2) is 0 Å². The summed E-state index contributed by atoms with van der Waals surface area (Å²) in [4.78, 5) is 11.0. The number of carbonyl (C=O) groups excluding carboxylic acids is 1. The molecule has 0 aliphatic heterocycles. The van der Waals surface area contributed by atoms with E-state index in [0.29, 0.717) is 19.4 Å². The summed E-state index contributed by atoms with van der Waals surface area (Å²) >= 11 is 0. The van der Waals surface area contributed by atoms with Crippen LogP contribution < -0.4 is 5.32 Å². The number of amides is 1. The number of terminal acetylenes is 1. The molecule has 0 atom stereocenters. The fourth-order valence-corrected chi connectivity index (χ4v) is 0.859. The number of alkyl halides is 3. The molecule has 0 saturated carbocycles. The average Bonchev–Trinajstić information content (AvgIpc) is 2.18. The van der Waals surface area contributed by atoms with E-state index in [2.05, 4.69) is 16.0 Å². The largest absolute Gasteiger partial charge is 0.411 e. The Morgan fingerprint density at radius 3 is 2.69 bits per heavy atom. The number of halogens is 3. The molecule has 0 unspecified atom stereocenters. The molecule has 0 aromatic heterocycles. The summed E-state index contributed by atoms with van der Waals surface area (Å²) in [5.41, 5.74) is 0. The van der Waals surface area contributed by atoms with Gasteiger partial charge in [-0.1, -0.05) is 0 Å². The van der Waals surface area contributed by atoms with Crippen molar-refractivity contribution in [3.63, 3.8) is 0 Å². The Kier molecular flexibility index (Phi) is 7.38. The highest BCUT2D eigenvalue weighted by molar-refractivity contribution is 5.75. The van der Waals surface area contributed by atoms with Crippen molar-refractivity contribution >= 4 is 5.91 Å². The fraction of sp³-hybridized carbons (Fsp3) is 0.700. The summed E-state index contributed by atoms with van der Waals surface area (Å²) in [5, 5.41) is 2.52. The third-order valence-corrected chi connectivity index (χ3v) is 1.56. The lowest BCUT2D eigenvalue weighted by Gasteiger charge is -2.07.